The van der Waals surface area contributed by atoms with Gasteiger partial charge in [0.05, 0.1) is 25.1 Å². The molecule has 0 saturated heterocycles. The van der Waals surface area contributed by atoms with Crippen molar-refractivity contribution in [1.82, 2.24) is 25.0 Å². The minimum absolute atomic E-state index is 0.0868. The molecule has 12 heteroatoms. The van der Waals surface area contributed by atoms with E-state index in [1.54, 1.807) is 16.2 Å². The SMILES string of the molecule is CCOc1cc2c(cc1OC)-c1c/c(=N\c3c(C)cc(C)cc3C)n(CCNC(=O)/C(=C/N)N(O)NC)c(=O)n1CC2. The summed E-state index contributed by atoms with van der Waals surface area (Å²) in [5.74, 6) is 0.642. The second-order valence-electron chi connectivity index (χ2n) is 10.0. The Hall–Kier alpha value is -4.55. The predicted molar refractivity (Wildman–Crippen MR) is 159 cm³/mol. The van der Waals surface area contributed by atoms with Crippen molar-refractivity contribution in [2.75, 3.05) is 27.3 Å². The Morgan fingerprint density at radius 2 is 1.88 bits per heavy atom. The number of benzene rings is 2. The van der Waals surface area contributed by atoms with Gasteiger partial charge in [-0.05, 0) is 62.9 Å². The van der Waals surface area contributed by atoms with E-state index in [4.69, 9.17) is 20.2 Å². The second-order valence-corrected chi connectivity index (χ2v) is 10.0. The molecule has 42 heavy (non-hydrogen) atoms. The number of hydrazine groups is 1. The van der Waals surface area contributed by atoms with Crippen LogP contribution in [0.1, 0.15) is 29.2 Å². The summed E-state index contributed by atoms with van der Waals surface area (Å²) in [6, 6.07) is 9.90. The number of nitrogens with two attached hydrogens (primary N) is 1. The van der Waals surface area contributed by atoms with Gasteiger partial charge in [0.1, 0.15) is 5.49 Å². The molecule has 0 fully saturated rings. The molecule has 1 aliphatic rings. The molecule has 12 nitrogen and oxygen atoms in total. The lowest BCUT2D eigenvalue weighted by molar-refractivity contribution is -0.134. The van der Waals surface area contributed by atoms with Crippen molar-refractivity contribution >= 4 is 11.6 Å². The van der Waals surface area contributed by atoms with E-state index < -0.39 is 5.91 Å². The Balaban J connectivity index is 1.85. The number of fused-ring (bicyclic) bond motifs is 3. The molecule has 1 amide bonds. The molecule has 0 spiro atoms. The molecule has 0 aliphatic carbocycles. The minimum atomic E-state index is -0.608. The third kappa shape index (κ3) is 6.04. The van der Waals surface area contributed by atoms with Gasteiger partial charge in [0.25, 0.3) is 5.91 Å². The molecule has 5 N–H and O–H groups in total. The van der Waals surface area contributed by atoms with Crippen LogP contribution in [0.25, 0.3) is 11.3 Å². The van der Waals surface area contributed by atoms with Crippen molar-refractivity contribution < 1.29 is 19.5 Å². The molecule has 1 aromatic heterocycles. The highest BCUT2D eigenvalue weighted by molar-refractivity contribution is 5.92. The van der Waals surface area contributed by atoms with Gasteiger partial charge in [-0.3, -0.25) is 19.1 Å². The number of methoxy groups -OCH3 is 1. The smallest absolute Gasteiger partial charge is 0.330 e. The van der Waals surface area contributed by atoms with Gasteiger partial charge in [-0.1, -0.05) is 17.7 Å². The maximum atomic E-state index is 14.0. The number of nitrogens with zero attached hydrogens (tertiary/aromatic N) is 4. The first-order valence-corrected chi connectivity index (χ1v) is 13.8. The fraction of sp³-hybridized carbons (Fsp3) is 0.367. The number of nitrogens with one attached hydrogen (secondary N) is 2. The van der Waals surface area contributed by atoms with E-state index in [1.807, 2.05) is 45.9 Å². The molecule has 0 radical (unpaired) electrons. The van der Waals surface area contributed by atoms with Gasteiger partial charge in [0.15, 0.2) is 17.2 Å². The summed E-state index contributed by atoms with van der Waals surface area (Å²) >= 11 is 0. The standard InChI is InChI=1S/C30H39N7O5/c1-7-42-26-14-21-8-10-35-23(22(21)15-25(26)41-6)16-27(34-28-19(3)12-18(2)13-20(28)4)36(30(35)39)11-9-33-29(38)24(17-31)37(40)32-5/h12-17,32,40H,7-11,31H2,1-6H3,(H,33,38)/b24-17-,34-27+. The Morgan fingerprint density at radius 1 is 1.17 bits per heavy atom. The summed E-state index contributed by atoms with van der Waals surface area (Å²) < 4.78 is 14.7. The second kappa shape index (κ2) is 13.0. The van der Waals surface area contributed by atoms with Crippen LogP contribution in [-0.2, 0) is 24.3 Å². The highest BCUT2D eigenvalue weighted by Gasteiger charge is 2.23. The fourth-order valence-corrected chi connectivity index (χ4v) is 5.27. The summed E-state index contributed by atoms with van der Waals surface area (Å²) in [7, 11) is 3.03. The fourth-order valence-electron chi connectivity index (χ4n) is 5.27. The number of aryl methyl sites for hydroxylation is 4. The van der Waals surface area contributed by atoms with Gasteiger partial charge in [0.2, 0.25) is 0 Å². The lowest BCUT2D eigenvalue weighted by Gasteiger charge is -2.25. The van der Waals surface area contributed by atoms with Crippen LogP contribution < -0.4 is 37.1 Å². The third-order valence-corrected chi connectivity index (χ3v) is 7.18. The van der Waals surface area contributed by atoms with E-state index in [9.17, 15) is 14.8 Å². The van der Waals surface area contributed by atoms with Crippen molar-refractivity contribution in [2.24, 2.45) is 10.7 Å². The van der Waals surface area contributed by atoms with Gasteiger partial charge in [-0.25, -0.2) is 15.2 Å². The van der Waals surface area contributed by atoms with Crippen molar-refractivity contribution in [3.63, 3.8) is 0 Å². The first-order valence-electron chi connectivity index (χ1n) is 13.8. The van der Waals surface area contributed by atoms with E-state index in [2.05, 4.69) is 22.9 Å². The number of carbonyl (C=O) groups is 1. The third-order valence-electron chi connectivity index (χ3n) is 7.18. The van der Waals surface area contributed by atoms with Crippen molar-refractivity contribution in [3.8, 4) is 22.8 Å². The molecule has 4 rings (SSSR count). The molecule has 2 aromatic carbocycles. The number of hydroxylamine groups is 1. The largest absolute Gasteiger partial charge is 0.493 e. The monoisotopic (exact) mass is 577 g/mol. The van der Waals surface area contributed by atoms with E-state index >= 15 is 0 Å². The summed E-state index contributed by atoms with van der Waals surface area (Å²) in [5.41, 5.74) is 14.5. The number of amides is 1. The molecular weight excluding hydrogens is 538 g/mol. The molecule has 0 saturated carbocycles. The average Bonchev–Trinajstić information content (AvgIpc) is 2.96. The van der Waals surface area contributed by atoms with E-state index in [-0.39, 0.29) is 24.5 Å². The normalized spacial score (nSPS) is 12.9. The molecule has 0 atom stereocenters. The quantitative estimate of drug-likeness (QED) is 0.212. The number of hydrogen-bond donors (Lipinski definition) is 4. The zero-order chi connectivity index (χ0) is 30.6. The van der Waals surface area contributed by atoms with Gasteiger partial charge in [-0.2, -0.15) is 5.17 Å². The van der Waals surface area contributed by atoms with Crippen LogP contribution in [0.4, 0.5) is 5.69 Å². The first kappa shape index (κ1) is 30.4. The molecule has 2 heterocycles. The van der Waals surface area contributed by atoms with Crippen LogP contribution in [-0.4, -0.2) is 52.7 Å². The van der Waals surface area contributed by atoms with Crippen molar-refractivity contribution in [1.29, 1.82) is 0 Å². The van der Waals surface area contributed by atoms with E-state index in [1.165, 1.54) is 7.05 Å². The average molecular weight is 578 g/mol. The van der Waals surface area contributed by atoms with E-state index in [0.29, 0.717) is 41.7 Å². The summed E-state index contributed by atoms with van der Waals surface area (Å²) in [5, 5.41) is 13.1. The number of rotatable bonds is 10. The number of hydrogen-bond acceptors (Lipinski definition) is 9. The van der Waals surface area contributed by atoms with Crippen molar-refractivity contribution in [3.05, 3.63) is 80.5 Å². The number of aromatic nitrogens is 2. The van der Waals surface area contributed by atoms with Gasteiger partial charge >= 0.3 is 5.69 Å². The molecule has 224 valence electrons. The lowest BCUT2D eigenvalue weighted by atomic mass is 9.97. The molecular formula is C30H39N7O5. The molecule has 0 bridgehead atoms. The van der Waals surface area contributed by atoms with Gasteiger partial charge in [0, 0.05) is 44.5 Å². The Kier molecular flexibility index (Phi) is 9.38. The maximum absolute atomic E-state index is 14.0. The molecule has 0 unspecified atom stereocenters. The topological polar surface area (TPSA) is 148 Å². The van der Waals surface area contributed by atoms with Crippen molar-refractivity contribution in [2.45, 2.75) is 47.2 Å². The Labute approximate surface area is 244 Å². The maximum Gasteiger partial charge on any atom is 0.330 e. The molecule has 3 aromatic rings. The summed E-state index contributed by atoms with van der Waals surface area (Å²) in [6.07, 6.45) is 1.62. The summed E-state index contributed by atoms with van der Waals surface area (Å²) in [6.45, 7) is 9.14. The predicted octanol–water partition coefficient (Wildman–Crippen LogP) is 2.18. The highest BCUT2D eigenvalue weighted by Crippen LogP contribution is 2.37. The van der Waals surface area contributed by atoms with E-state index in [0.717, 1.165) is 45.4 Å². The zero-order valence-electron chi connectivity index (χ0n) is 24.9. The van der Waals surface area contributed by atoms with Gasteiger partial charge < -0.3 is 20.5 Å². The first-order chi connectivity index (χ1) is 20.1. The zero-order valence-corrected chi connectivity index (χ0v) is 24.9. The minimum Gasteiger partial charge on any atom is -0.493 e. The Morgan fingerprint density at radius 3 is 2.50 bits per heavy atom. The highest BCUT2D eigenvalue weighted by atomic mass is 16.5. The van der Waals surface area contributed by atoms with Crippen LogP contribution >= 0.6 is 0 Å². The van der Waals surface area contributed by atoms with Gasteiger partial charge in [-0.15, -0.1) is 0 Å². The van der Waals surface area contributed by atoms with Crippen LogP contribution in [0.3, 0.4) is 0 Å². The summed E-state index contributed by atoms with van der Waals surface area (Å²) in [4.78, 5) is 31.6. The van der Waals surface area contributed by atoms with Crippen LogP contribution in [0.5, 0.6) is 11.5 Å². The van der Waals surface area contributed by atoms with Crippen LogP contribution in [0.15, 0.2) is 52.0 Å². The van der Waals surface area contributed by atoms with Crippen LogP contribution in [0.2, 0.25) is 0 Å². The Bertz CT molecular complexity index is 1630. The van der Waals surface area contributed by atoms with Crippen LogP contribution in [0, 0.1) is 20.8 Å². The lowest BCUT2D eigenvalue weighted by Crippen LogP contribution is -2.45. The number of ether oxygens (including phenoxy) is 2. The number of carbonyl (C=O) groups excluding carboxylic acids is 1. The molecule has 1 aliphatic heterocycles.